The van der Waals surface area contributed by atoms with Crippen LogP contribution in [0, 0.1) is 0 Å². The van der Waals surface area contributed by atoms with Crippen molar-refractivity contribution in [3.63, 3.8) is 0 Å². The fourth-order valence-electron chi connectivity index (χ4n) is 3.36. The quantitative estimate of drug-likeness (QED) is 0.312. The van der Waals surface area contributed by atoms with E-state index in [1.165, 1.54) is 30.8 Å². The van der Waals surface area contributed by atoms with Gasteiger partial charge in [-0.2, -0.15) is 0 Å². The standard InChI is InChI=1S/C21H33N5OS.HI/c1-5-22-20(25-15-19-23-14-18(27-19)21(2,3)4)24-13-16(17-9-8-12-28-17)26-10-6-7-11-26;/h8-9,12,14,16H,5-7,10-11,13,15H2,1-4H3,(H2,22,24,25);1H. The SMILES string of the molecule is CCNC(=NCc1ncc(C(C)(C)C)o1)NCC(c1cccs1)N1CCCC1.I. The monoisotopic (exact) mass is 531 g/mol. The molecule has 8 heteroatoms. The van der Waals surface area contributed by atoms with Crippen LogP contribution in [0.3, 0.4) is 0 Å². The molecule has 1 unspecified atom stereocenters. The smallest absolute Gasteiger partial charge is 0.216 e. The molecule has 0 spiro atoms. The van der Waals surface area contributed by atoms with Crippen molar-refractivity contribution in [2.75, 3.05) is 26.2 Å². The Kier molecular flexibility index (Phi) is 9.42. The number of aromatic nitrogens is 1. The van der Waals surface area contributed by atoms with E-state index < -0.39 is 0 Å². The maximum atomic E-state index is 5.86. The summed E-state index contributed by atoms with van der Waals surface area (Å²) in [6, 6.07) is 4.76. The lowest BCUT2D eigenvalue weighted by Crippen LogP contribution is -2.42. The molecule has 0 aliphatic carbocycles. The highest BCUT2D eigenvalue weighted by atomic mass is 127. The maximum Gasteiger partial charge on any atom is 0.216 e. The number of oxazole rings is 1. The fraction of sp³-hybridized carbons (Fsp3) is 0.619. The van der Waals surface area contributed by atoms with E-state index in [1.807, 2.05) is 17.5 Å². The molecule has 0 bridgehead atoms. The van der Waals surface area contributed by atoms with Crippen LogP contribution in [0.4, 0.5) is 0 Å². The second kappa shape index (κ2) is 11.3. The zero-order valence-corrected chi connectivity index (χ0v) is 21.0. The Hall–Kier alpha value is -1.13. The summed E-state index contributed by atoms with van der Waals surface area (Å²) in [5, 5.41) is 9.02. The van der Waals surface area contributed by atoms with Gasteiger partial charge in [0.1, 0.15) is 12.3 Å². The molecule has 162 valence electrons. The van der Waals surface area contributed by atoms with Gasteiger partial charge in [-0.25, -0.2) is 9.98 Å². The highest BCUT2D eigenvalue weighted by Crippen LogP contribution is 2.28. The van der Waals surface area contributed by atoms with Gasteiger partial charge in [-0.05, 0) is 44.3 Å². The Morgan fingerprint density at radius 2 is 2.07 bits per heavy atom. The molecule has 2 aromatic heterocycles. The maximum absolute atomic E-state index is 5.86. The van der Waals surface area contributed by atoms with E-state index in [4.69, 9.17) is 4.42 Å². The minimum atomic E-state index is -0.0403. The topological polar surface area (TPSA) is 65.7 Å². The van der Waals surface area contributed by atoms with Gasteiger partial charge in [0.05, 0.1) is 12.2 Å². The van der Waals surface area contributed by atoms with Crippen LogP contribution in [0.1, 0.15) is 63.1 Å². The first-order valence-electron chi connectivity index (χ1n) is 10.2. The molecule has 0 saturated carbocycles. The number of halogens is 1. The summed E-state index contributed by atoms with van der Waals surface area (Å²) in [7, 11) is 0. The van der Waals surface area contributed by atoms with Gasteiger partial charge in [-0.1, -0.05) is 26.8 Å². The first kappa shape index (κ1) is 24.1. The fourth-order valence-corrected chi connectivity index (χ4v) is 4.22. The van der Waals surface area contributed by atoms with Gasteiger partial charge in [-0.3, -0.25) is 4.90 Å². The average Bonchev–Trinajstić information content (AvgIpc) is 3.41. The molecule has 2 N–H and O–H groups in total. The van der Waals surface area contributed by atoms with Crippen molar-refractivity contribution in [2.45, 2.75) is 58.5 Å². The number of thiophene rings is 1. The lowest BCUT2D eigenvalue weighted by molar-refractivity contribution is 0.249. The molecule has 3 heterocycles. The van der Waals surface area contributed by atoms with Crippen LogP contribution in [0.5, 0.6) is 0 Å². The van der Waals surface area contributed by atoms with Gasteiger partial charge in [0.2, 0.25) is 5.89 Å². The van der Waals surface area contributed by atoms with Crippen LogP contribution < -0.4 is 10.6 Å². The third-order valence-corrected chi connectivity index (χ3v) is 5.90. The predicted octanol–water partition coefficient (Wildman–Crippen LogP) is 4.54. The van der Waals surface area contributed by atoms with Crippen LogP contribution in [-0.4, -0.2) is 42.0 Å². The van der Waals surface area contributed by atoms with Crippen LogP contribution >= 0.6 is 35.3 Å². The summed E-state index contributed by atoms with van der Waals surface area (Å²) in [5.41, 5.74) is -0.0403. The zero-order valence-electron chi connectivity index (χ0n) is 17.9. The Morgan fingerprint density at radius 1 is 1.31 bits per heavy atom. The summed E-state index contributed by atoms with van der Waals surface area (Å²) < 4.78 is 5.86. The van der Waals surface area contributed by atoms with Crippen molar-refractivity contribution < 1.29 is 4.42 Å². The zero-order chi connectivity index (χ0) is 20.0. The van der Waals surface area contributed by atoms with E-state index in [9.17, 15) is 0 Å². The Labute approximate surface area is 195 Å². The summed E-state index contributed by atoms with van der Waals surface area (Å²) in [6.45, 7) is 12.9. The lowest BCUT2D eigenvalue weighted by atomic mass is 9.94. The van der Waals surface area contributed by atoms with Crippen LogP contribution in [0.15, 0.2) is 33.1 Å². The van der Waals surface area contributed by atoms with E-state index >= 15 is 0 Å². The molecule has 1 saturated heterocycles. The average molecular weight is 532 g/mol. The van der Waals surface area contributed by atoms with E-state index in [2.05, 4.69) is 70.7 Å². The summed E-state index contributed by atoms with van der Waals surface area (Å²) in [5.74, 6) is 2.35. The third-order valence-electron chi connectivity index (χ3n) is 4.93. The first-order valence-corrected chi connectivity index (χ1v) is 11.1. The summed E-state index contributed by atoms with van der Waals surface area (Å²) in [6.07, 6.45) is 4.39. The van der Waals surface area contributed by atoms with E-state index in [1.54, 1.807) is 0 Å². The van der Waals surface area contributed by atoms with Crippen molar-refractivity contribution in [1.82, 2.24) is 20.5 Å². The minimum Gasteiger partial charge on any atom is -0.443 e. The molecule has 0 amide bonds. The molecule has 2 aromatic rings. The molecule has 6 nitrogen and oxygen atoms in total. The lowest BCUT2D eigenvalue weighted by Gasteiger charge is -2.27. The molecule has 29 heavy (non-hydrogen) atoms. The van der Waals surface area contributed by atoms with E-state index in [0.29, 0.717) is 18.5 Å². The summed E-state index contributed by atoms with van der Waals surface area (Å²) in [4.78, 5) is 13.0. The number of aliphatic imine (C=N–C) groups is 1. The number of hydrogen-bond acceptors (Lipinski definition) is 5. The molecular weight excluding hydrogens is 497 g/mol. The predicted molar refractivity (Wildman–Crippen MR) is 131 cm³/mol. The number of hydrogen-bond donors (Lipinski definition) is 2. The Bertz CT molecular complexity index is 747. The number of rotatable bonds is 7. The van der Waals surface area contributed by atoms with Gasteiger partial charge in [0.15, 0.2) is 5.96 Å². The second-order valence-electron chi connectivity index (χ2n) is 8.22. The molecule has 3 rings (SSSR count). The van der Waals surface area contributed by atoms with Gasteiger partial charge >= 0.3 is 0 Å². The largest absolute Gasteiger partial charge is 0.443 e. The Balaban J connectivity index is 0.00000300. The molecule has 0 radical (unpaired) electrons. The van der Waals surface area contributed by atoms with Crippen molar-refractivity contribution in [3.8, 4) is 0 Å². The van der Waals surface area contributed by atoms with Gasteiger partial charge in [0, 0.05) is 23.4 Å². The van der Waals surface area contributed by atoms with E-state index in [0.717, 1.165) is 24.8 Å². The molecule has 1 atom stereocenters. The van der Waals surface area contributed by atoms with Crippen molar-refractivity contribution in [3.05, 3.63) is 40.2 Å². The summed E-state index contributed by atoms with van der Waals surface area (Å²) >= 11 is 1.83. The third kappa shape index (κ3) is 6.96. The van der Waals surface area contributed by atoms with Crippen LogP contribution in [-0.2, 0) is 12.0 Å². The van der Waals surface area contributed by atoms with Gasteiger partial charge in [-0.15, -0.1) is 35.3 Å². The molecular formula is C21H34IN5OS. The van der Waals surface area contributed by atoms with Gasteiger partial charge in [0.25, 0.3) is 0 Å². The number of likely N-dealkylation sites (tertiary alicyclic amines) is 1. The van der Waals surface area contributed by atoms with Crippen molar-refractivity contribution in [2.24, 2.45) is 4.99 Å². The number of nitrogens with one attached hydrogen (secondary N) is 2. The van der Waals surface area contributed by atoms with Crippen LogP contribution in [0.25, 0.3) is 0 Å². The van der Waals surface area contributed by atoms with Crippen molar-refractivity contribution in [1.29, 1.82) is 0 Å². The normalized spacial score (nSPS) is 16.5. The van der Waals surface area contributed by atoms with Crippen LogP contribution in [0.2, 0.25) is 0 Å². The minimum absolute atomic E-state index is 0. The molecule has 1 aliphatic heterocycles. The van der Waals surface area contributed by atoms with E-state index in [-0.39, 0.29) is 29.4 Å². The number of nitrogens with zero attached hydrogens (tertiary/aromatic N) is 3. The molecule has 1 fully saturated rings. The van der Waals surface area contributed by atoms with Gasteiger partial charge < -0.3 is 15.1 Å². The highest BCUT2D eigenvalue weighted by Gasteiger charge is 2.24. The molecule has 1 aliphatic rings. The molecule has 0 aromatic carbocycles. The highest BCUT2D eigenvalue weighted by molar-refractivity contribution is 14.0. The Morgan fingerprint density at radius 3 is 2.66 bits per heavy atom. The second-order valence-corrected chi connectivity index (χ2v) is 9.20. The van der Waals surface area contributed by atoms with Crippen molar-refractivity contribution >= 4 is 41.3 Å². The number of guanidine groups is 1. The first-order chi connectivity index (χ1) is 13.5.